The van der Waals surface area contributed by atoms with Crippen molar-refractivity contribution in [2.75, 3.05) is 28.4 Å². The second-order valence-electron chi connectivity index (χ2n) is 8.67. The molecule has 0 N–H and O–H groups in total. The number of methoxy groups -OCH3 is 4. The van der Waals surface area contributed by atoms with Crippen molar-refractivity contribution < 1.29 is 41.9 Å². The highest BCUT2D eigenvalue weighted by atomic mass is 31.2. The Labute approximate surface area is 239 Å². The van der Waals surface area contributed by atoms with E-state index in [9.17, 15) is 9.36 Å². The van der Waals surface area contributed by atoms with E-state index in [0.29, 0.717) is 17.2 Å². The number of ketones is 1. The molecule has 9 nitrogen and oxygen atoms in total. The third kappa shape index (κ3) is 7.46. The van der Waals surface area contributed by atoms with Crippen LogP contribution in [0.3, 0.4) is 0 Å². The van der Waals surface area contributed by atoms with Gasteiger partial charge >= 0.3 is 7.82 Å². The van der Waals surface area contributed by atoms with Crippen LogP contribution in [0.4, 0.5) is 0 Å². The number of ether oxygens (including phenoxy) is 4. The average Bonchev–Trinajstić information content (AvgIpc) is 3.02. The summed E-state index contributed by atoms with van der Waals surface area (Å²) in [7, 11) is 1.63. The Morgan fingerprint density at radius 2 is 1.07 bits per heavy atom. The number of hydrogen-bond donors (Lipinski definition) is 0. The van der Waals surface area contributed by atoms with E-state index in [1.54, 1.807) is 24.3 Å². The zero-order chi connectivity index (χ0) is 29.2. The zero-order valence-electron chi connectivity index (χ0n) is 23.2. The van der Waals surface area contributed by atoms with Gasteiger partial charge in [0.05, 0.1) is 41.7 Å². The highest BCUT2D eigenvalue weighted by Gasteiger charge is 2.31. The second-order valence-corrected chi connectivity index (χ2v) is 10.3. The zero-order valence-corrected chi connectivity index (χ0v) is 24.1. The molecular formula is C31H31O9P. The minimum absolute atomic E-state index is 0.00949. The first-order valence-corrected chi connectivity index (χ1v) is 14.0. The minimum Gasteiger partial charge on any atom is -0.493 e. The number of carbonyl (C=O) groups is 1. The van der Waals surface area contributed by atoms with Gasteiger partial charge in [0, 0.05) is 11.1 Å². The van der Waals surface area contributed by atoms with E-state index in [1.165, 1.54) is 34.5 Å². The molecule has 214 valence electrons. The van der Waals surface area contributed by atoms with Crippen LogP contribution in [-0.2, 0) is 26.8 Å². The Kier molecular flexibility index (Phi) is 10.0. The molecule has 0 aliphatic rings. The van der Waals surface area contributed by atoms with Crippen molar-refractivity contribution >= 4 is 13.6 Å². The van der Waals surface area contributed by atoms with Crippen LogP contribution >= 0.6 is 7.82 Å². The van der Waals surface area contributed by atoms with Gasteiger partial charge in [0.25, 0.3) is 0 Å². The van der Waals surface area contributed by atoms with Crippen molar-refractivity contribution in [1.82, 2.24) is 0 Å². The van der Waals surface area contributed by atoms with Gasteiger partial charge in [0.2, 0.25) is 5.75 Å². The topological polar surface area (TPSA) is 98.8 Å². The van der Waals surface area contributed by atoms with Crippen LogP contribution in [-0.4, -0.2) is 34.2 Å². The molecular weight excluding hydrogens is 547 g/mol. The second kappa shape index (κ2) is 13.9. The monoisotopic (exact) mass is 578 g/mol. The molecule has 0 amide bonds. The van der Waals surface area contributed by atoms with Crippen LogP contribution in [0.1, 0.15) is 27.0 Å². The highest BCUT2D eigenvalue weighted by Crippen LogP contribution is 2.53. The Balaban J connectivity index is 1.66. The molecule has 0 bridgehead atoms. The predicted octanol–water partition coefficient (Wildman–Crippen LogP) is 6.87. The number of phosphoric ester groups is 1. The standard InChI is InChI=1S/C31H31O9P/c1-34-26-16-15-24(30(32)25-18-28(35-2)31(37-4)29(19-25)36-3)17-27(26)40-41(33,38-20-22-11-7-5-8-12-22)39-21-23-13-9-6-10-14-23/h5-19H,20-21H2,1-4H3. The van der Waals surface area contributed by atoms with Gasteiger partial charge in [0.15, 0.2) is 28.8 Å². The van der Waals surface area contributed by atoms with E-state index in [2.05, 4.69) is 0 Å². The fourth-order valence-electron chi connectivity index (χ4n) is 3.93. The van der Waals surface area contributed by atoms with Gasteiger partial charge in [-0.15, -0.1) is 0 Å². The summed E-state index contributed by atoms with van der Waals surface area (Å²) in [6, 6.07) is 26.1. The SMILES string of the molecule is COc1ccc(C(=O)c2cc(OC)c(OC)c(OC)c2)cc1OP(=O)(OCc1ccccc1)OCc1ccccc1. The smallest absolute Gasteiger partial charge is 0.493 e. The molecule has 4 aromatic rings. The summed E-state index contributed by atoms with van der Waals surface area (Å²) in [6.07, 6.45) is 0. The molecule has 4 rings (SSSR count). The van der Waals surface area contributed by atoms with E-state index in [1.807, 2.05) is 60.7 Å². The molecule has 0 aliphatic carbocycles. The number of phosphoric acid groups is 1. The fourth-order valence-corrected chi connectivity index (χ4v) is 5.11. The van der Waals surface area contributed by atoms with Gasteiger partial charge in [-0.2, -0.15) is 0 Å². The Morgan fingerprint density at radius 3 is 1.54 bits per heavy atom. The van der Waals surface area contributed by atoms with Gasteiger partial charge in [-0.1, -0.05) is 60.7 Å². The van der Waals surface area contributed by atoms with E-state index in [-0.39, 0.29) is 41.6 Å². The van der Waals surface area contributed by atoms with Crippen LogP contribution in [0, 0.1) is 0 Å². The highest BCUT2D eigenvalue weighted by molar-refractivity contribution is 7.48. The van der Waals surface area contributed by atoms with Crippen molar-refractivity contribution in [3.63, 3.8) is 0 Å². The first-order valence-electron chi connectivity index (χ1n) is 12.6. The van der Waals surface area contributed by atoms with E-state index in [4.69, 9.17) is 32.5 Å². The van der Waals surface area contributed by atoms with Gasteiger partial charge < -0.3 is 23.5 Å². The molecule has 10 heteroatoms. The van der Waals surface area contributed by atoms with Crippen molar-refractivity contribution in [1.29, 1.82) is 0 Å². The quantitative estimate of drug-likeness (QED) is 0.117. The largest absolute Gasteiger partial charge is 0.530 e. The predicted molar refractivity (Wildman–Crippen MR) is 153 cm³/mol. The lowest BCUT2D eigenvalue weighted by Gasteiger charge is -2.20. The average molecular weight is 579 g/mol. The maximum Gasteiger partial charge on any atom is 0.530 e. The van der Waals surface area contributed by atoms with Gasteiger partial charge in [0.1, 0.15) is 0 Å². The third-order valence-corrected chi connectivity index (χ3v) is 7.34. The first kappa shape index (κ1) is 29.7. The van der Waals surface area contributed by atoms with E-state index >= 15 is 0 Å². The molecule has 0 aliphatic heterocycles. The van der Waals surface area contributed by atoms with Crippen molar-refractivity contribution in [3.8, 4) is 28.7 Å². The first-order chi connectivity index (χ1) is 19.9. The Bertz CT molecular complexity index is 1430. The molecule has 0 radical (unpaired) electrons. The number of carbonyl (C=O) groups excluding carboxylic acids is 1. The molecule has 4 aromatic carbocycles. The summed E-state index contributed by atoms with van der Waals surface area (Å²) in [6.45, 7) is -0.0570. The number of hydrogen-bond acceptors (Lipinski definition) is 9. The maximum atomic E-state index is 13.9. The Hall–Kier alpha value is -4.30. The van der Waals surface area contributed by atoms with E-state index in [0.717, 1.165) is 11.1 Å². The molecule has 0 heterocycles. The molecule has 0 saturated heterocycles. The summed E-state index contributed by atoms with van der Waals surface area (Å²) in [4.78, 5) is 13.5. The third-order valence-electron chi connectivity index (χ3n) is 6.03. The minimum atomic E-state index is -4.22. The molecule has 0 aromatic heterocycles. The van der Waals surface area contributed by atoms with Crippen molar-refractivity contribution in [2.45, 2.75) is 13.2 Å². The van der Waals surface area contributed by atoms with Crippen LogP contribution in [0.2, 0.25) is 0 Å². The van der Waals surface area contributed by atoms with Crippen molar-refractivity contribution in [3.05, 3.63) is 113 Å². The number of benzene rings is 4. The summed E-state index contributed by atoms with van der Waals surface area (Å²) in [5, 5.41) is 0. The summed E-state index contributed by atoms with van der Waals surface area (Å²) in [5.74, 6) is 0.884. The molecule has 0 saturated carbocycles. The summed E-state index contributed by atoms with van der Waals surface area (Å²) < 4.78 is 52.9. The lowest BCUT2D eigenvalue weighted by Crippen LogP contribution is -2.07. The lowest BCUT2D eigenvalue weighted by atomic mass is 10.0. The maximum absolute atomic E-state index is 13.9. The van der Waals surface area contributed by atoms with E-state index < -0.39 is 7.82 Å². The molecule has 0 spiro atoms. The van der Waals surface area contributed by atoms with Crippen LogP contribution < -0.4 is 23.5 Å². The molecule has 0 unspecified atom stereocenters. The Morgan fingerprint density at radius 1 is 0.585 bits per heavy atom. The van der Waals surface area contributed by atoms with Crippen LogP contribution in [0.15, 0.2) is 91.0 Å². The fraction of sp³-hybridized carbons (Fsp3) is 0.194. The normalized spacial score (nSPS) is 11.0. The lowest BCUT2D eigenvalue weighted by molar-refractivity contribution is 0.103. The molecule has 0 fully saturated rings. The van der Waals surface area contributed by atoms with Gasteiger partial charge in [-0.05, 0) is 41.5 Å². The number of rotatable bonds is 14. The molecule has 41 heavy (non-hydrogen) atoms. The summed E-state index contributed by atoms with van der Waals surface area (Å²) >= 11 is 0. The van der Waals surface area contributed by atoms with Gasteiger partial charge in [-0.3, -0.25) is 13.8 Å². The summed E-state index contributed by atoms with van der Waals surface area (Å²) in [5.41, 5.74) is 2.06. The van der Waals surface area contributed by atoms with Crippen LogP contribution in [0.5, 0.6) is 28.7 Å². The van der Waals surface area contributed by atoms with Crippen LogP contribution in [0.25, 0.3) is 0 Å². The molecule has 0 atom stereocenters. The van der Waals surface area contributed by atoms with Gasteiger partial charge in [-0.25, -0.2) is 4.57 Å². The van der Waals surface area contributed by atoms with Crippen molar-refractivity contribution in [2.24, 2.45) is 0 Å².